The number of aryl methyl sites for hydroxylation is 1. The maximum absolute atomic E-state index is 11.7. The lowest BCUT2D eigenvalue weighted by molar-refractivity contribution is -0.119. The highest BCUT2D eigenvalue weighted by atomic mass is 32.1. The first-order valence-electron chi connectivity index (χ1n) is 9.68. The number of benzene rings is 2. The summed E-state index contributed by atoms with van der Waals surface area (Å²) < 4.78 is 0. The second-order valence-electron chi connectivity index (χ2n) is 7.05. The Labute approximate surface area is 171 Å². The normalized spacial score (nSPS) is 12.2. The van der Waals surface area contributed by atoms with Crippen LogP contribution >= 0.6 is 11.3 Å². The SMILES string of the molecule is CCCc1ccc([C@@H](C)N(CC(N)=O)Cc2csc(-c3ccccc3)n2)cc1. The van der Waals surface area contributed by atoms with Gasteiger partial charge in [-0.05, 0) is 24.5 Å². The highest BCUT2D eigenvalue weighted by Gasteiger charge is 2.19. The van der Waals surface area contributed by atoms with Crippen molar-refractivity contribution < 1.29 is 4.79 Å². The third-order valence-electron chi connectivity index (χ3n) is 4.85. The second kappa shape index (κ2) is 9.62. The minimum atomic E-state index is -0.326. The maximum Gasteiger partial charge on any atom is 0.231 e. The molecular formula is C23H27N3OS. The Morgan fingerprint density at radius 2 is 1.86 bits per heavy atom. The van der Waals surface area contributed by atoms with Gasteiger partial charge in [0.25, 0.3) is 0 Å². The summed E-state index contributed by atoms with van der Waals surface area (Å²) in [6.07, 6.45) is 2.22. The Hall–Kier alpha value is -2.50. The Kier molecular flexibility index (Phi) is 6.95. The molecule has 0 saturated carbocycles. The van der Waals surface area contributed by atoms with E-state index in [9.17, 15) is 4.79 Å². The molecule has 4 nitrogen and oxygen atoms in total. The van der Waals surface area contributed by atoms with Crippen molar-refractivity contribution in [2.45, 2.75) is 39.3 Å². The molecule has 0 aliphatic rings. The number of nitrogens with two attached hydrogens (primary N) is 1. The van der Waals surface area contributed by atoms with Crippen LogP contribution in [-0.2, 0) is 17.8 Å². The summed E-state index contributed by atoms with van der Waals surface area (Å²) in [6, 6.07) is 18.9. The van der Waals surface area contributed by atoms with Gasteiger partial charge in [0, 0.05) is 23.5 Å². The predicted octanol–water partition coefficient (Wildman–Crippen LogP) is 4.81. The zero-order valence-electron chi connectivity index (χ0n) is 16.5. The number of hydrogen-bond acceptors (Lipinski definition) is 4. The Balaban J connectivity index is 1.76. The lowest BCUT2D eigenvalue weighted by Crippen LogP contribution is -2.35. The number of aromatic nitrogens is 1. The molecule has 146 valence electrons. The molecule has 0 radical (unpaired) electrons. The van der Waals surface area contributed by atoms with Gasteiger partial charge in [-0.1, -0.05) is 67.9 Å². The number of carbonyl (C=O) groups is 1. The number of hydrogen-bond donors (Lipinski definition) is 1. The standard InChI is InChI=1S/C23H27N3OS/c1-3-7-18-10-12-19(13-11-18)17(2)26(15-22(24)27)14-21-16-28-23(25-21)20-8-5-4-6-9-20/h4-6,8-13,16-17H,3,7,14-15H2,1-2H3,(H2,24,27)/t17-/m1/s1. The molecule has 0 spiro atoms. The summed E-state index contributed by atoms with van der Waals surface area (Å²) in [5, 5.41) is 3.05. The van der Waals surface area contributed by atoms with Crippen LogP contribution in [0.3, 0.4) is 0 Å². The molecule has 2 aromatic carbocycles. The molecule has 1 amide bonds. The first-order valence-corrected chi connectivity index (χ1v) is 10.6. The van der Waals surface area contributed by atoms with Gasteiger partial charge < -0.3 is 5.73 Å². The van der Waals surface area contributed by atoms with Crippen molar-refractivity contribution in [3.05, 3.63) is 76.8 Å². The molecule has 5 heteroatoms. The van der Waals surface area contributed by atoms with E-state index < -0.39 is 0 Å². The van der Waals surface area contributed by atoms with Crippen LogP contribution < -0.4 is 5.73 Å². The van der Waals surface area contributed by atoms with E-state index in [2.05, 4.69) is 60.5 Å². The van der Waals surface area contributed by atoms with Crippen LogP contribution in [0.4, 0.5) is 0 Å². The van der Waals surface area contributed by atoms with E-state index in [1.54, 1.807) is 11.3 Å². The molecule has 2 N–H and O–H groups in total. The summed E-state index contributed by atoms with van der Waals surface area (Å²) in [5.41, 5.74) is 10.1. The first-order chi connectivity index (χ1) is 13.6. The van der Waals surface area contributed by atoms with Crippen molar-refractivity contribution in [1.82, 2.24) is 9.88 Å². The summed E-state index contributed by atoms with van der Waals surface area (Å²) in [7, 11) is 0. The largest absolute Gasteiger partial charge is 0.369 e. The van der Waals surface area contributed by atoms with Crippen molar-refractivity contribution in [3.63, 3.8) is 0 Å². The van der Waals surface area contributed by atoms with E-state index in [0.717, 1.165) is 29.1 Å². The van der Waals surface area contributed by atoms with E-state index in [4.69, 9.17) is 10.7 Å². The molecule has 1 heterocycles. The van der Waals surface area contributed by atoms with Gasteiger partial charge in [0.15, 0.2) is 0 Å². The van der Waals surface area contributed by atoms with E-state index in [1.807, 2.05) is 18.2 Å². The fraction of sp³-hybridized carbons (Fsp3) is 0.304. The number of carbonyl (C=O) groups excluding carboxylic acids is 1. The smallest absolute Gasteiger partial charge is 0.231 e. The number of rotatable bonds is 9. The molecular weight excluding hydrogens is 366 g/mol. The van der Waals surface area contributed by atoms with Crippen LogP contribution in [0.2, 0.25) is 0 Å². The molecule has 3 rings (SSSR count). The zero-order valence-corrected chi connectivity index (χ0v) is 17.3. The van der Waals surface area contributed by atoms with Gasteiger partial charge in [-0.15, -0.1) is 11.3 Å². The van der Waals surface area contributed by atoms with Gasteiger partial charge in [0.2, 0.25) is 5.91 Å². The molecule has 1 atom stereocenters. The maximum atomic E-state index is 11.7. The van der Waals surface area contributed by atoms with Crippen LogP contribution in [0.25, 0.3) is 10.6 Å². The summed E-state index contributed by atoms with van der Waals surface area (Å²) in [5.74, 6) is -0.326. The second-order valence-corrected chi connectivity index (χ2v) is 7.91. The van der Waals surface area contributed by atoms with Crippen molar-refractivity contribution in [3.8, 4) is 10.6 Å². The minimum absolute atomic E-state index is 0.0741. The van der Waals surface area contributed by atoms with Gasteiger partial charge in [-0.3, -0.25) is 9.69 Å². The van der Waals surface area contributed by atoms with E-state index in [-0.39, 0.29) is 18.5 Å². The molecule has 0 aliphatic heterocycles. The lowest BCUT2D eigenvalue weighted by Gasteiger charge is -2.27. The van der Waals surface area contributed by atoms with Crippen LogP contribution in [0.15, 0.2) is 60.0 Å². The van der Waals surface area contributed by atoms with Crippen molar-refractivity contribution >= 4 is 17.2 Å². The summed E-state index contributed by atoms with van der Waals surface area (Å²) >= 11 is 1.62. The first kappa shape index (κ1) is 20.2. The molecule has 0 fully saturated rings. The van der Waals surface area contributed by atoms with Crippen molar-refractivity contribution in [2.24, 2.45) is 5.73 Å². The zero-order chi connectivity index (χ0) is 19.9. The third kappa shape index (κ3) is 5.27. The van der Waals surface area contributed by atoms with Gasteiger partial charge >= 0.3 is 0 Å². The Morgan fingerprint density at radius 1 is 1.14 bits per heavy atom. The number of thiazole rings is 1. The van der Waals surface area contributed by atoms with Crippen LogP contribution in [-0.4, -0.2) is 22.3 Å². The molecule has 1 aromatic heterocycles. The fourth-order valence-electron chi connectivity index (χ4n) is 3.29. The van der Waals surface area contributed by atoms with E-state index in [1.165, 1.54) is 11.1 Å². The molecule has 3 aromatic rings. The number of primary amides is 1. The molecule has 28 heavy (non-hydrogen) atoms. The highest BCUT2D eigenvalue weighted by molar-refractivity contribution is 7.13. The number of nitrogens with zero attached hydrogens (tertiary/aromatic N) is 2. The minimum Gasteiger partial charge on any atom is -0.369 e. The molecule has 0 bridgehead atoms. The highest BCUT2D eigenvalue weighted by Crippen LogP contribution is 2.27. The van der Waals surface area contributed by atoms with Crippen LogP contribution in [0.1, 0.15) is 43.1 Å². The quantitative estimate of drug-likeness (QED) is 0.567. The average Bonchev–Trinajstić information content (AvgIpc) is 3.17. The van der Waals surface area contributed by atoms with Crippen LogP contribution in [0.5, 0.6) is 0 Å². The van der Waals surface area contributed by atoms with Gasteiger partial charge in [0.1, 0.15) is 5.01 Å². The fourth-order valence-corrected chi connectivity index (χ4v) is 4.11. The van der Waals surface area contributed by atoms with Crippen molar-refractivity contribution in [2.75, 3.05) is 6.54 Å². The van der Waals surface area contributed by atoms with E-state index >= 15 is 0 Å². The molecule has 0 saturated heterocycles. The van der Waals surface area contributed by atoms with Gasteiger partial charge in [-0.2, -0.15) is 0 Å². The Morgan fingerprint density at radius 3 is 2.50 bits per heavy atom. The predicted molar refractivity (Wildman–Crippen MR) is 116 cm³/mol. The topological polar surface area (TPSA) is 59.2 Å². The van der Waals surface area contributed by atoms with Gasteiger partial charge in [0.05, 0.1) is 12.2 Å². The van der Waals surface area contributed by atoms with Crippen molar-refractivity contribution in [1.29, 1.82) is 0 Å². The summed E-state index contributed by atoms with van der Waals surface area (Å²) in [4.78, 5) is 18.5. The lowest BCUT2D eigenvalue weighted by atomic mass is 10.0. The molecule has 0 unspecified atom stereocenters. The van der Waals surface area contributed by atoms with E-state index in [0.29, 0.717) is 6.54 Å². The third-order valence-corrected chi connectivity index (χ3v) is 5.79. The van der Waals surface area contributed by atoms with Crippen LogP contribution in [0, 0.1) is 0 Å². The average molecular weight is 394 g/mol. The van der Waals surface area contributed by atoms with Gasteiger partial charge in [-0.25, -0.2) is 4.98 Å². The molecule has 0 aliphatic carbocycles. The summed E-state index contributed by atoms with van der Waals surface area (Å²) in [6.45, 7) is 5.09. The number of amides is 1. The Bertz CT molecular complexity index is 890. The monoisotopic (exact) mass is 393 g/mol.